The van der Waals surface area contributed by atoms with Crippen molar-refractivity contribution in [3.63, 3.8) is 0 Å². The largest absolute Gasteiger partial charge is 0.480 e. The molecule has 194 valence electrons. The smallest absolute Gasteiger partial charge is 0.328 e. The normalized spacial score (nSPS) is 12.3. The van der Waals surface area contributed by atoms with Crippen LogP contribution in [0.25, 0.3) is 17.2 Å². The maximum atomic E-state index is 10.7. The molecule has 0 fully saturated rings. The minimum atomic E-state index is -0.943. The van der Waals surface area contributed by atoms with Crippen LogP contribution in [0.3, 0.4) is 0 Å². The summed E-state index contributed by atoms with van der Waals surface area (Å²) in [5.41, 5.74) is 17.3. The van der Waals surface area contributed by atoms with Crippen molar-refractivity contribution in [3.8, 4) is 0 Å². The van der Waals surface area contributed by atoms with E-state index in [9.17, 15) is 9.59 Å². The summed E-state index contributed by atoms with van der Waals surface area (Å²) in [6, 6.07) is 28.1. The molecule has 3 aromatic rings. The van der Waals surface area contributed by atoms with Crippen LogP contribution >= 0.6 is 0 Å². The molecule has 37 heavy (non-hydrogen) atoms. The van der Waals surface area contributed by atoms with Crippen LogP contribution < -0.4 is 11.5 Å². The van der Waals surface area contributed by atoms with Gasteiger partial charge in [0, 0.05) is 6.08 Å². The topological polar surface area (TPSA) is 127 Å². The van der Waals surface area contributed by atoms with Crippen molar-refractivity contribution in [3.05, 3.63) is 113 Å². The van der Waals surface area contributed by atoms with Gasteiger partial charge in [-0.3, -0.25) is 4.79 Å². The second-order valence-corrected chi connectivity index (χ2v) is 8.46. The summed E-state index contributed by atoms with van der Waals surface area (Å²) in [6.07, 6.45) is 5.84. The van der Waals surface area contributed by atoms with E-state index in [1.807, 2.05) is 24.3 Å². The molecule has 6 nitrogen and oxygen atoms in total. The van der Waals surface area contributed by atoms with Gasteiger partial charge in [0.25, 0.3) is 0 Å². The molecule has 1 atom stereocenters. The number of aliphatic carboxylic acids is 2. The molecular weight excluding hydrogens is 464 g/mol. The van der Waals surface area contributed by atoms with Gasteiger partial charge in [-0.15, -0.1) is 0 Å². The van der Waals surface area contributed by atoms with E-state index in [-0.39, 0.29) is 0 Å². The lowest BCUT2D eigenvalue weighted by Gasteiger charge is -2.16. The van der Waals surface area contributed by atoms with Gasteiger partial charge in [0.1, 0.15) is 6.04 Å². The predicted octanol–water partition coefficient (Wildman–Crippen LogP) is 5.68. The Labute approximate surface area is 219 Å². The van der Waals surface area contributed by atoms with E-state index in [2.05, 4.69) is 67.6 Å². The summed E-state index contributed by atoms with van der Waals surface area (Å²) in [5.74, 6) is -1.88. The minimum Gasteiger partial charge on any atom is -0.480 e. The second-order valence-electron chi connectivity index (χ2n) is 8.46. The summed E-state index contributed by atoms with van der Waals surface area (Å²) in [6.45, 7) is 2.78. The molecule has 6 heteroatoms. The Morgan fingerprint density at radius 3 is 1.84 bits per heavy atom. The lowest BCUT2D eigenvalue weighted by atomic mass is 9.88. The van der Waals surface area contributed by atoms with Crippen molar-refractivity contribution in [1.82, 2.24) is 0 Å². The Hall–Kier alpha value is -4.00. The summed E-state index contributed by atoms with van der Waals surface area (Å²) < 4.78 is 0. The highest BCUT2D eigenvalue weighted by Crippen LogP contribution is 2.34. The molecule has 6 N–H and O–H groups in total. The average Bonchev–Trinajstić information content (AvgIpc) is 2.92. The zero-order chi connectivity index (χ0) is 27.0. The van der Waals surface area contributed by atoms with Gasteiger partial charge in [0.05, 0.1) is 0 Å². The number of unbranched alkanes of at least 4 members (excludes halogenated alkanes) is 1. The van der Waals surface area contributed by atoms with E-state index in [1.54, 1.807) is 6.08 Å². The first-order valence-corrected chi connectivity index (χ1v) is 12.4. The number of allylic oxidation sites excluding steroid dienone is 1. The molecule has 0 aliphatic carbocycles. The van der Waals surface area contributed by atoms with Crippen molar-refractivity contribution in [1.29, 1.82) is 0 Å². The van der Waals surface area contributed by atoms with Gasteiger partial charge >= 0.3 is 11.9 Å². The van der Waals surface area contributed by atoms with Crippen LogP contribution in [0.15, 0.2) is 91.0 Å². The van der Waals surface area contributed by atoms with Crippen LogP contribution in [-0.2, 0) is 9.59 Å². The first-order chi connectivity index (χ1) is 17.9. The molecular formula is C31H36N2O4. The van der Waals surface area contributed by atoms with Crippen LogP contribution in [0, 0.1) is 0 Å². The third kappa shape index (κ3) is 9.88. The first kappa shape index (κ1) is 29.2. The number of rotatable bonds is 11. The standard InChI is InChI=1S/C25H22O2.C6H14N2O2/c1-2-23(20-9-5-3-6-10-20)25(21-11-7-4-8-12-21)22-16-13-19(14-17-22)15-18-24(26)27;7-4-2-1-3-5(8)6(9)10/h3-18H,2H2,1H3,(H,26,27);5H,1-4,7-8H2,(H,9,10)/b18-15+,25-23-;/t;5-/m.0/s1. The van der Waals surface area contributed by atoms with Crippen molar-refractivity contribution in [2.75, 3.05) is 6.54 Å². The quantitative estimate of drug-likeness (QED) is 0.152. The summed E-state index contributed by atoms with van der Waals surface area (Å²) in [5, 5.41) is 17.1. The fraction of sp³-hybridized carbons (Fsp3) is 0.226. The lowest BCUT2D eigenvalue weighted by molar-refractivity contribution is -0.138. The minimum absolute atomic E-state index is 0.520. The van der Waals surface area contributed by atoms with E-state index in [0.29, 0.717) is 13.0 Å². The molecule has 0 heterocycles. The Bertz CT molecular complexity index is 1170. The fourth-order valence-corrected chi connectivity index (χ4v) is 3.84. The molecule has 3 aromatic carbocycles. The highest BCUT2D eigenvalue weighted by atomic mass is 16.4. The van der Waals surface area contributed by atoms with E-state index in [4.69, 9.17) is 21.7 Å². The van der Waals surface area contributed by atoms with Gasteiger partial charge in [0.2, 0.25) is 0 Å². The van der Waals surface area contributed by atoms with E-state index < -0.39 is 18.0 Å². The van der Waals surface area contributed by atoms with Gasteiger partial charge in [-0.2, -0.15) is 0 Å². The number of carboxylic acids is 2. The van der Waals surface area contributed by atoms with Crippen LogP contribution in [0.5, 0.6) is 0 Å². The van der Waals surface area contributed by atoms with E-state index in [1.165, 1.54) is 22.3 Å². The number of carboxylic acid groups (broad SMARTS) is 2. The van der Waals surface area contributed by atoms with Crippen molar-refractivity contribution in [2.45, 2.75) is 38.6 Å². The van der Waals surface area contributed by atoms with Crippen LogP contribution in [0.2, 0.25) is 0 Å². The second kappa shape index (κ2) is 15.9. The Morgan fingerprint density at radius 2 is 1.35 bits per heavy atom. The van der Waals surface area contributed by atoms with Gasteiger partial charge in [-0.1, -0.05) is 98.3 Å². The molecule has 0 saturated carbocycles. The van der Waals surface area contributed by atoms with Crippen molar-refractivity contribution in [2.24, 2.45) is 11.5 Å². The van der Waals surface area contributed by atoms with Gasteiger partial charge in [-0.25, -0.2) is 4.79 Å². The highest BCUT2D eigenvalue weighted by Gasteiger charge is 2.12. The summed E-state index contributed by atoms with van der Waals surface area (Å²) in [7, 11) is 0. The highest BCUT2D eigenvalue weighted by molar-refractivity contribution is 5.98. The SMILES string of the molecule is CC/C(=C(\c1ccccc1)c1ccc(/C=C/C(=O)O)cc1)c1ccccc1.NCCCC[C@H](N)C(=O)O. The predicted molar refractivity (Wildman–Crippen MR) is 151 cm³/mol. The number of benzene rings is 3. The lowest BCUT2D eigenvalue weighted by Crippen LogP contribution is -2.29. The van der Waals surface area contributed by atoms with E-state index in [0.717, 1.165) is 36.5 Å². The third-order valence-electron chi connectivity index (χ3n) is 5.74. The van der Waals surface area contributed by atoms with Gasteiger partial charge in [-0.05, 0) is 65.3 Å². The zero-order valence-electron chi connectivity index (χ0n) is 21.2. The average molecular weight is 501 g/mol. The molecule has 3 rings (SSSR count). The zero-order valence-corrected chi connectivity index (χ0v) is 21.2. The van der Waals surface area contributed by atoms with Gasteiger partial charge < -0.3 is 21.7 Å². The monoisotopic (exact) mass is 500 g/mol. The molecule has 0 radical (unpaired) electrons. The molecule has 0 unspecified atom stereocenters. The Balaban J connectivity index is 0.000000410. The maximum absolute atomic E-state index is 10.7. The van der Waals surface area contributed by atoms with Crippen LogP contribution in [-0.4, -0.2) is 34.7 Å². The molecule has 0 amide bonds. The third-order valence-corrected chi connectivity index (χ3v) is 5.74. The Morgan fingerprint density at radius 1 is 0.811 bits per heavy atom. The fourth-order valence-electron chi connectivity index (χ4n) is 3.84. The van der Waals surface area contributed by atoms with Crippen molar-refractivity contribution < 1.29 is 19.8 Å². The molecule has 0 aromatic heterocycles. The molecule has 0 spiro atoms. The van der Waals surface area contributed by atoms with Crippen LogP contribution in [0.4, 0.5) is 0 Å². The maximum Gasteiger partial charge on any atom is 0.328 e. The number of hydrogen-bond acceptors (Lipinski definition) is 4. The molecule has 0 aliphatic rings. The molecule has 0 saturated heterocycles. The Kier molecular flexibility index (Phi) is 12.5. The molecule has 0 bridgehead atoms. The van der Waals surface area contributed by atoms with Gasteiger partial charge in [0.15, 0.2) is 0 Å². The first-order valence-electron chi connectivity index (χ1n) is 12.4. The van der Waals surface area contributed by atoms with E-state index >= 15 is 0 Å². The number of carbonyl (C=O) groups is 2. The van der Waals surface area contributed by atoms with Crippen LogP contribution in [0.1, 0.15) is 54.9 Å². The molecule has 0 aliphatic heterocycles. The number of hydrogen-bond donors (Lipinski definition) is 4. The number of nitrogens with two attached hydrogens (primary N) is 2. The summed E-state index contributed by atoms with van der Waals surface area (Å²) in [4.78, 5) is 20.9. The summed E-state index contributed by atoms with van der Waals surface area (Å²) >= 11 is 0. The van der Waals surface area contributed by atoms with Crippen molar-refractivity contribution >= 4 is 29.2 Å².